The van der Waals surface area contributed by atoms with Crippen LogP contribution < -0.4 is 20.5 Å². The molecule has 0 fully saturated rings. The van der Waals surface area contributed by atoms with Gasteiger partial charge < -0.3 is 20.5 Å². The van der Waals surface area contributed by atoms with Crippen molar-refractivity contribution in [3.63, 3.8) is 0 Å². The maximum absolute atomic E-state index is 7.33. The second-order valence-corrected chi connectivity index (χ2v) is 9.48. The third kappa shape index (κ3) is 5.62. The molecule has 0 aliphatic carbocycles. The molecular weight excluding hydrogens is 517 g/mol. The highest BCUT2D eigenvalue weighted by Crippen LogP contribution is 2.41. The van der Waals surface area contributed by atoms with E-state index in [4.69, 9.17) is 43.8 Å². The molecule has 0 unspecified atom stereocenters. The van der Waals surface area contributed by atoms with Crippen molar-refractivity contribution in [3.8, 4) is 33.1 Å². The summed E-state index contributed by atoms with van der Waals surface area (Å²) in [4.78, 5) is 10.1. The van der Waals surface area contributed by atoms with E-state index in [9.17, 15) is 0 Å². The van der Waals surface area contributed by atoms with Gasteiger partial charge in [-0.3, -0.25) is 5.41 Å². The first-order valence-electron chi connectivity index (χ1n) is 10.8. The largest absolute Gasteiger partial charge is 0.497 e. The van der Waals surface area contributed by atoms with Gasteiger partial charge in [0, 0.05) is 50.4 Å². The molecule has 2 aromatic heterocycles. The Kier molecular flexibility index (Phi) is 8.10. The number of hydrogen-bond acceptors (Lipinski definition) is 6. The molecule has 4 N–H and O–H groups in total. The number of nitrogens with one attached hydrogen (secondary N) is 2. The minimum atomic E-state index is 0.237. The number of rotatable bonds is 9. The summed E-state index contributed by atoms with van der Waals surface area (Å²) < 4.78 is 10.8. The van der Waals surface area contributed by atoms with Crippen molar-refractivity contribution in [2.75, 3.05) is 19.5 Å². The molecule has 0 saturated carbocycles. The lowest BCUT2D eigenvalue weighted by Crippen LogP contribution is -2.12. The number of amidine groups is 1. The van der Waals surface area contributed by atoms with Crippen molar-refractivity contribution in [3.05, 3.63) is 81.3 Å². The van der Waals surface area contributed by atoms with Gasteiger partial charge in [0.25, 0.3) is 0 Å². The number of benzene rings is 2. The van der Waals surface area contributed by atoms with Gasteiger partial charge in [0.1, 0.15) is 29.5 Å². The Morgan fingerprint density at radius 3 is 2.64 bits per heavy atom. The van der Waals surface area contributed by atoms with Crippen LogP contribution in [-0.4, -0.2) is 31.4 Å². The first-order valence-corrected chi connectivity index (χ1v) is 12.3. The number of hydrogen-bond donors (Lipinski definition) is 3. The predicted molar refractivity (Wildman–Crippen MR) is 149 cm³/mol. The van der Waals surface area contributed by atoms with Crippen molar-refractivity contribution in [2.45, 2.75) is 6.54 Å². The van der Waals surface area contributed by atoms with Crippen LogP contribution in [0.5, 0.6) is 11.5 Å². The van der Waals surface area contributed by atoms with E-state index in [1.807, 2.05) is 42.5 Å². The van der Waals surface area contributed by atoms with Crippen molar-refractivity contribution >= 4 is 52.5 Å². The zero-order valence-electron chi connectivity index (χ0n) is 19.5. The molecule has 0 aliphatic rings. The van der Waals surface area contributed by atoms with Crippen LogP contribution in [-0.2, 0) is 6.54 Å². The fraction of sp³-hybridized carbons (Fsp3) is 0.115. The number of halogens is 2. The second kappa shape index (κ2) is 11.4. The summed E-state index contributed by atoms with van der Waals surface area (Å²) in [5.41, 5.74) is 9.71. The van der Waals surface area contributed by atoms with E-state index in [1.54, 1.807) is 32.5 Å². The molecule has 0 radical (unpaired) electrons. The summed E-state index contributed by atoms with van der Waals surface area (Å²) >= 11 is 14.1. The molecule has 4 aromatic rings. The van der Waals surface area contributed by atoms with Crippen LogP contribution in [0.4, 0.5) is 5.82 Å². The molecule has 36 heavy (non-hydrogen) atoms. The fourth-order valence-electron chi connectivity index (χ4n) is 3.62. The van der Waals surface area contributed by atoms with Crippen LogP contribution in [0.2, 0.25) is 10.0 Å². The summed E-state index contributed by atoms with van der Waals surface area (Å²) in [6.07, 6.45) is 2.66. The lowest BCUT2D eigenvalue weighted by Gasteiger charge is -2.12. The number of nitrogens with two attached hydrogens (primary N) is 1. The van der Waals surface area contributed by atoms with Gasteiger partial charge in [-0.05, 0) is 48.0 Å². The van der Waals surface area contributed by atoms with Gasteiger partial charge in [0.15, 0.2) is 0 Å². The Balaban J connectivity index is 1.66. The van der Waals surface area contributed by atoms with Crippen LogP contribution in [0.1, 0.15) is 10.4 Å². The summed E-state index contributed by atoms with van der Waals surface area (Å²) in [5, 5.41) is 11.7. The monoisotopic (exact) mass is 539 g/mol. The predicted octanol–water partition coefficient (Wildman–Crippen LogP) is 6.73. The van der Waals surface area contributed by atoms with E-state index in [0.717, 1.165) is 45.0 Å². The zero-order valence-corrected chi connectivity index (χ0v) is 21.8. The summed E-state index contributed by atoms with van der Waals surface area (Å²) in [6, 6.07) is 16.9. The van der Waals surface area contributed by atoms with Crippen molar-refractivity contribution in [2.24, 2.45) is 10.7 Å². The van der Waals surface area contributed by atoms with E-state index >= 15 is 0 Å². The number of aromatic nitrogens is 1. The Morgan fingerprint density at radius 2 is 1.92 bits per heavy atom. The van der Waals surface area contributed by atoms with Crippen LogP contribution in [0.25, 0.3) is 21.6 Å². The maximum atomic E-state index is 7.33. The van der Waals surface area contributed by atoms with Crippen LogP contribution in [0.3, 0.4) is 0 Å². The molecule has 0 saturated heterocycles. The van der Waals surface area contributed by atoms with Crippen LogP contribution >= 0.6 is 34.5 Å². The van der Waals surface area contributed by atoms with E-state index < -0.39 is 0 Å². The van der Waals surface area contributed by atoms with Crippen molar-refractivity contribution < 1.29 is 9.47 Å². The van der Waals surface area contributed by atoms with Gasteiger partial charge in [-0.15, -0.1) is 11.3 Å². The lowest BCUT2D eigenvalue weighted by atomic mass is 10.0. The number of nitrogens with zero attached hydrogens (tertiary/aromatic N) is 2. The highest BCUT2D eigenvalue weighted by Gasteiger charge is 2.18. The zero-order chi connectivity index (χ0) is 25.7. The third-order valence-electron chi connectivity index (χ3n) is 5.39. The molecule has 0 aliphatic heterocycles. The van der Waals surface area contributed by atoms with Gasteiger partial charge >= 0.3 is 0 Å². The fourth-order valence-corrected chi connectivity index (χ4v) is 5.21. The average Bonchev–Trinajstić information content (AvgIpc) is 3.33. The molecule has 10 heteroatoms. The molecule has 0 atom stereocenters. The number of ether oxygens (including phenoxy) is 2. The van der Waals surface area contributed by atoms with E-state index in [2.05, 4.69) is 15.3 Å². The Labute approximate surface area is 223 Å². The Bertz CT molecular complexity index is 1440. The molecule has 0 spiro atoms. The standard InChI is InChI=1S/C26H23Cl2N5O2S/c1-34-18-5-3-16(22(11-18)35-2)13-32-24-9-15(7-8-31-24)23-12-20(25(36-23)26(30)33-14-29)19-6-4-17(27)10-21(19)28/h3-12,14H,13H2,1-2H3,(H,31,32)(H3,29,30,33). The summed E-state index contributed by atoms with van der Waals surface area (Å²) in [7, 11) is 3.25. The maximum Gasteiger partial charge on any atom is 0.143 e. The van der Waals surface area contributed by atoms with Gasteiger partial charge in [-0.25, -0.2) is 9.98 Å². The smallest absolute Gasteiger partial charge is 0.143 e. The van der Waals surface area contributed by atoms with Crippen molar-refractivity contribution in [1.29, 1.82) is 5.41 Å². The molecule has 184 valence electrons. The molecule has 7 nitrogen and oxygen atoms in total. The van der Waals surface area contributed by atoms with Gasteiger partial charge in [0.05, 0.1) is 19.1 Å². The number of pyridine rings is 1. The number of anilines is 1. The van der Waals surface area contributed by atoms with Gasteiger partial charge in [-0.2, -0.15) is 0 Å². The number of thiophene rings is 1. The highest BCUT2D eigenvalue weighted by atomic mass is 35.5. The Hall–Kier alpha value is -3.59. The normalized spacial score (nSPS) is 11.3. The van der Waals surface area contributed by atoms with Gasteiger partial charge in [-0.1, -0.05) is 29.3 Å². The van der Waals surface area contributed by atoms with Crippen LogP contribution in [0.15, 0.2) is 65.8 Å². The first kappa shape index (κ1) is 25.5. The van der Waals surface area contributed by atoms with Crippen molar-refractivity contribution in [1.82, 2.24) is 4.98 Å². The average molecular weight is 540 g/mol. The SMILES string of the molecule is COc1ccc(CNc2cc(-c3cc(-c4ccc(Cl)cc4Cl)c(C(N)=NC=N)s3)ccn2)c(OC)c1. The number of methoxy groups -OCH3 is 2. The lowest BCUT2D eigenvalue weighted by molar-refractivity contribution is 0.391. The molecular formula is C26H23Cl2N5O2S. The molecule has 0 bridgehead atoms. The highest BCUT2D eigenvalue weighted by molar-refractivity contribution is 7.18. The van der Waals surface area contributed by atoms with Crippen LogP contribution in [0, 0.1) is 5.41 Å². The summed E-state index contributed by atoms with van der Waals surface area (Å²) in [5.74, 6) is 2.40. The number of aliphatic imine (C=N–C) groups is 1. The first-order chi connectivity index (χ1) is 17.4. The third-order valence-corrected chi connectivity index (χ3v) is 7.14. The second-order valence-electron chi connectivity index (χ2n) is 7.58. The van der Waals surface area contributed by atoms with E-state index in [1.165, 1.54) is 11.3 Å². The topological polar surface area (TPSA) is 106 Å². The molecule has 4 rings (SSSR count). The molecule has 2 aromatic carbocycles. The molecule has 2 heterocycles. The minimum absolute atomic E-state index is 0.237. The summed E-state index contributed by atoms with van der Waals surface area (Å²) in [6.45, 7) is 0.518. The Morgan fingerprint density at radius 1 is 1.08 bits per heavy atom. The molecule has 0 amide bonds. The quantitative estimate of drug-likeness (QED) is 0.161. The van der Waals surface area contributed by atoms with E-state index in [0.29, 0.717) is 27.3 Å². The minimum Gasteiger partial charge on any atom is -0.497 e. The van der Waals surface area contributed by atoms with Gasteiger partial charge in [0.2, 0.25) is 0 Å². The van der Waals surface area contributed by atoms with E-state index in [-0.39, 0.29) is 5.84 Å².